The van der Waals surface area contributed by atoms with Crippen LogP contribution >= 0.6 is 0 Å². The van der Waals surface area contributed by atoms with Gasteiger partial charge in [-0.15, -0.1) is 0 Å². The predicted octanol–water partition coefficient (Wildman–Crippen LogP) is 2.66. The highest BCUT2D eigenvalue weighted by Crippen LogP contribution is 2.23. The molecule has 2 atom stereocenters. The number of likely N-dealkylation sites (tertiary alicyclic amines) is 2. The van der Waals surface area contributed by atoms with E-state index in [1.165, 1.54) is 58.4 Å². The monoisotopic (exact) mass is 308 g/mol. The van der Waals surface area contributed by atoms with E-state index >= 15 is 0 Å². The Bertz CT molecular complexity index is 353. The third-order valence-electron chi connectivity index (χ3n) is 5.06. The zero-order valence-electron chi connectivity index (χ0n) is 15.1. The van der Waals surface area contributed by atoms with Gasteiger partial charge in [0.2, 0.25) is 0 Å². The van der Waals surface area contributed by atoms with Gasteiger partial charge in [0.25, 0.3) is 0 Å². The zero-order chi connectivity index (χ0) is 15.9. The van der Waals surface area contributed by atoms with Crippen LogP contribution in [0.5, 0.6) is 0 Å². The Morgan fingerprint density at radius 1 is 1.18 bits per heavy atom. The first-order valence-electron chi connectivity index (χ1n) is 9.30. The van der Waals surface area contributed by atoms with Crippen molar-refractivity contribution in [3.8, 4) is 0 Å². The summed E-state index contributed by atoms with van der Waals surface area (Å²) in [5.74, 6) is 3.57. The molecule has 0 amide bonds. The van der Waals surface area contributed by atoms with Gasteiger partial charge in [-0.1, -0.05) is 20.8 Å². The van der Waals surface area contributed by atoms with E-state index in [2.05, 4.69) is 40.9 Å². The van der Waals surface area contributed by atoms with E-state index in [1.54, 1.807) is 0 Å². The minimum absolute atomic E-state index is 0.789. The van der Waals surface area contributed by atoms with E-state index in [9.17, 15) is 0 Å². The average Bonchev–Trinajstić information content (AvgIpc) is 3.09. The Balaban J connectivity index is 1.72. The van der Waals surface area contributed by atoms with Crippen molar-refractivity contribution in [3.63, 3.8) is 0 Å². The molecule has 4 nitrogen and oxygen atoms in total. The van der Waals surface area contributed by atoms with E-state index in [-0.39, 0.29) is 0 Å². The maximum absolute atomic E-state index is 4.52. The van der Waals surface area contributed by atoms with E-state index in [0.29, 0.717) is 0 Å². The van der Waals surface area contributed by atoms with Crippen molar-refractivity contribution >= 4 is 5.96 Å². The number of nitrogens with zero attached hydrogens (tertiary/aromatic N) is 3. The minimum Gasteiger partial charge on any atom is -0.356 e. The Morgan fingerprint density at radius 2 is 1.95 bits per heavy atom. The molecule has 0 aromatic heterocycles. The zero-order valence-corrected chi connectivity index (χ0v) is 15.1. The second-order valence-corrected chi connectivity index (χ2v) is 7.61. The lowest BCUT2D eigenvalue weighted by Crippen LogP contribution is -2.42. The molecule has 0 radical (unpaired) electrons. The lowest BCUT2D eigenvalue weighted by Gasteiger charge is -2.23. The molecule has 2 unspecified atom stereocenters. The van der Waals surface area contributed by atoms with Gasteiger partial charge in [0.15, 0.2) is 5.96 Å². The Morgan fingerprint density at radius 3 is 2.64 bits per heavy atom. The summed E-state index contributed by atoms with van der Waals surface area (Å²) in [5.41, 5.74) is 0. The largest absolute Gasteiger partial charge is 0.356 e. The first-order valence-corrected chi connectivity index (χ1v) is 9.30. The molecular weight excluding hydrogens is 272 g/mol. The van der Waals surface area contributed by atoms with Gasteiger partial charge in [-0.05, 0) is 56.5 Å². The second kappa shape index (κ2) is 8.76. The number of rotatable bonds is 6. The van der Waals surface area contributed by atoms with Crippen LogP contribution in [-0.4, -0.2) is 62.1 Å². The van der Waals surface area contributed by atoms with Crippen molar-refractivity contribution in [1.82, 2.24) is 15.1 Å². The number of hydrogen-bond donors (Lipinski definition) is 1. The summed E-state index contributed by atoms with van der Waals surface area (Å²) in [5, 5.41) is 3.64. The van der Waals surface area contributed by atoms with Gasteiger partial charge in [-0.25, -0.2) is 0 Å². The van der Waals surface area contributed by atoms with Gasteiger partial charge in [0.1, 0.15) is 0 Å². The molecule has 2 saturated heterocycles. The molecule has 0 aliphatic carbocycles. The van der Waals surface area contributed by atoms with Crippen molar-refractivity contribution < 1.29 is 0 Å². The van der Waals surface area contributed by atoms with Crippen LogP contribution < -0.4 is 5.32 Å². The molecule has 0 aromatic carbocycles. The predicted molar refractivity (Wildman–Crippen MR) is 95.3 cm³/mol. The van der Waals surface area contributed by atoms with Crippen LogP contribution in [0.15, 0.2) is 4.99 Å². The average molecular weight is 309 g/mol. The smallest absolute Gasteiger partial charge is 0.193 e. The molecule has 2 heterocycles. The highest BCUT2D eigenvalue weighted by molar-refractivity contribution is 5.80. The topological polar surface area (TPSA) is 30.9 Å². The van der Waals surface area contributed by atoms with Crippen LogP contribution in [0.1, 0.15) is 46.5 Å². The van der Waals surface area contributed by atoms with Gasteiger partial charge >= 0.3 is 0 Å². The summed E-state index contributed by atoms with van der Waals surface area (Å²) >= 11 is 0. The standard InChI is InChI=1S/C18H36N4/c1-5-8-21-9-6-17(13-21)12-20-18(19-4)22-10-7-16(14-22)11-15(2)3/h15-17H,5-14H2,1-4H3,(H,19,20). The summed E-state index contributed by atoms with van der Waals surface area (Å²) in [6, 6.07) is 0. The molecule has 4 heteroatoms. The van der Waals surface area contributed by atoms with Gasteiger partial charge in [0, 0.05) is 33.2 Å². The highest BCUT2D eigenvalue weighted by Gasteiger charge is 2.26. The Kier molecular flexibility index (Phi) is 7.00. The number of hydrogen-bond acceptors (Lipinski definition) is 2. The van der Waals surface area contributed by atoms with E-state index < -0.39 is 0 Å². The fraction of sp³-hybridized carbons (Fsp3) is 0.944. The number of aliphatic imine (C=N–C) groups is 1. The molecule has 2 aliphatic heterocycles. The van der Waals surface area contributed by atoms with Crippen molar-refractivity contribution in [3.05, 3.63) is 0 Å². The third-order valence-corrected chi connectivity index (χ3v) is 5.06. The lowest BCUT2D eigenvalue weighted by molar-refractivity contribution is 0.323. The van der Waals surface area contributed by atoms with Crippen LogP contribution in [-0.2, 0) is 0 Å². The van der Waals surface area contributed by atoms with Gasteiger partial charge in [0.05, 0.1) is 0 Å². The fourth-order valence-corrected chi connectivity index (χ4v) is 4.05. The summed E-state index contributed by atoms with van der Waals surface area (Å²) in [7, 11) is 1.93. The first kappa shape index (κ1) is 17.6. The molecule has 0 spiro atoms. The molecule has 0 bridgehead atoms. The third kappa shape index (κ3) is 5.15. The second-order valence-electron chi connectivity index (χ2n) is 7.61. The van der Waals surface area contributed by atoms with Gasteiger partial charge in [-0.3, -0.25) is 4.99 Å². The summed E-state index contributed by atoms with van der Waals surface area (Å²) in [6.07, 6.45) is 5.28. The molecule has 2 rings (SSSR count). The molecule has 2 fully saturated rings. The SMILES string of the molecule is CCCN1CCC(CNC(=NC)N2CCC(CC(C)C)C2)C1. The molecule has 1 N–H and O–H groups in total. The molecule has 2 aliphatic rings. The van der Waals surface area contributed by atoms with E-state index in [4.69, 9.17) is 0 Å². The van der Waals surface area contributed by atoms with Crippen LogP contribution in [0, 0.1) is 17.8 Å². The van der Waals surface area contributed by atoms with E-state index in [0.717, 1.165) is 30.3 Å². The molecule has 0 saturated carbocycles. The van der Waals surface area contributed by atoms with Crippen molar-refractivity contribution in [2.75, 3.05) is 46.3 Å². The fourth-order valence-electron chi connectivity index (χ4n) is 4.05. The highest BCUT2D eigenvalue weighted by atomic mass is 15.3. The summed E-state index contributed by atoms with van der Waals surface area (Å²) < 4.78 is 0. The molecular formula is C18H36N4. The molecule has 0 aromatic rings. The summed E-state index contributed by atoms with van der Waals surface area (Å²) in [4.78, 5) is 9.58. The maximum atomic E-state index is 4.52. The summed E-state index contributed by atoms with van der Waals surface area (Å²) in [6.45, 7) is 14.2. The maximum Gasteiger partial charge on any atom is 0.193 e. The number of nitrogens with one attached hydrogen (secondary N) is 1. The van der Waals surface area contributed by atoms with E-state index in [1.807, 2.05) is 7.05 Å². The van der Waals surface area contributed by atoms with Crippen LogP contribution in [0.25, 0.3) is 0 Å². The minimum atomic E-state index is 0.789. The van der Waals surface area contributed by atoms with Gasteiger partial charge < -0.3 is 15.1 Å². The van der Waals surface area contributed by atoms with Crippen LogP contribution in [0.2, 0.25) is 0 Å². The van der Waals surface area contributed by atoms with Crippen LogP contribution in [0.4, 0.5) is 0 Å². The normalized spacial score (nSPS) is 27.1. The Hall–Kier alpha value is -0.770. The first-order chi connectivity index (χ1) is 10.6. The number of guanidine groups is 1. The Labute approximate surface area is 137 Å². The lowest BCUT2D eigenvalue weighted by atomic mass is 9.97. The molecule has 128 valence electrons. The van der Waals surface area contributed by atoms with Crippen molar-refractivity contribution in [2.24, 2.45) is 22.7 Å². The van der Waals surface area contributed by atoms with Crippen molar-refractivity contribution in [2.45, 2.75) is 46.5 Å². The van der Waals surface area contributed by atoms with Gasteiger partial charge in [-0.2, -0.15) is 0 Å². The molecule has 22 heavy (non-hydrogen) atoms. The van der Waals surface area contributed by atoms with Crippen LogP contribution in [0.3, 0.4) is 0 Å². The quantitative estimate of drug-likeness (QED) is 0.604. The van der Waals surface area contributed by atoms with Crippen molar-refractivity contribution in [1.29, 1.82) is 0 Å².